The van der Waals surface area contributed by atoms with E-state index in [9.17, 15) is 0 Å². The highest BCUT2D eigenvalue weighted by Crippen LogP contribution is 2.31. The van der Waals surface area contributed by atoms with Gasteiger partial charge in [0.2, 0.25) is 0 Å². The van der Waals surface area contributed by atoms with Crippen molar-refractivity contribution >= 4 is 27.5 Å². The summed E-state index contributed by atoms with van der Waals surface area (Å²) in [5.41, 5.74) is 2.47. The molecular weight excluding hydrogens is 350 g/mol. The van der Waals surface area contributed by atoms with Gasteiger partial charge in [-0.3, -0.25) is 0 Å². The molecule has 0 aromatic heterocycles. The molecule has 110 valence electrons. The molecule has 2 atom stereocenters. The second-order valence-electron chi connectivity index (χ2n) is 5.38. The second-order valence-corrected chi connectivity index (χ2v) is 6.73. The van der Waals surface area contributed by atoms with Gasteiger partial charge in [-0.25, -0.2) is 0 Å². The molecule has 0 radical (unpaired) electrons. The lowest BCUT2D eigenvalue weighted by molar-refractivity contribution is 0.222. The van der Waals surface area contributed by atoms with Crippen molar-refractivity contribution in [3.05, 3.63) is 63.1 Å². The lowest BCUT2D eigenvalue weighted by atomic mass is 10.1. The molecule has 0 aliphatic carbocycles. The number of halogens is 2. The lowest BCUT2D eigenvalue weighted by Gasteiger charge is -2.17. The first kappa shape index (κ1) is 14.9. The van der Waals surface area contributed by atoms with Gasteiger partial charge in [-0.1, -0.05) is 39.7 Å². The smallest absolute Gasteiger partial charge is 0.123 e. The Morgan fingerprint density at radius 3 is 2.81 bits per heavy atom. The third-order valence-corrected chi connectivity index (χ3v) is 4.55. The molecule has 0 saturated heterocycles. The summed E-state index contributed by atoms with van der Waals surface area (Å²) >= 11 is 9.47. The first-order valence-electron chi connectivity index (χ1n) is 7.06. The van der Waals surface area contributed by atoms with Crippen LogP contribution in [0.5, 0.6) is 5.75 Å². The van der Waals surface area contributed by atoms with Crippen molar-refractivity contribution in [2.75, 3.05) is 6.54 Å². The van der Waals surface area contributed by atoms with Gasteiger partial charge in [-0.2, -0.15) is 0 Å². The third kappa shape index (κ3) is 3.60. The fraction of sp³-hybridized carbons (Fsp3) is 0.294. The molecule has 1 aliphatic rings. The Kier molecular flexibility index (Phi) is 4.53. The molecule has 0 amide bonds. The standard InChI is InChI=1S/C17H17BrClNO/c1-11(12-2-4-14(18)5-3-12)20-10-16-9-13-8-15(19)6-7-17(13)21-16/h2-8,11,16,20H,9-10H2,1H3. The van der Waals surface area contributed by atoms with E-state index in [0.29, 0.717) is 6.04 Å². The average Bonchev–Trinajstić information content (AvgIpc) is 2.87. The molecule has 2 aromatic carbocycles. The van der Waals surface area contributed by atoms with E-state index >= 15 is 0 Å². The van der Waals surface area contributed by atoms with Crippen LogP contribution in [0.2, 0.25) is 5.02 Å². The van der Waals surface area contributed by atoms with E-state index < -0.39 is 0 Å². The van der Waals surface area contributed by atoms with Gasteiger partial charge in [0.1, 0.15) is 11.9 Å². The molecule has 1 heterocycles. The Balaban J connectivity index is 1.56. The van der Waals surface area contributed by atoms with E-state index in [1.54, 1.807) is 0 Å². The highest BCUT2D eigenvalue weighted by atomic mass is 79.9. The van der Waals surface area contributed by atoms with Gasteiger partial charge in [0, 0.05) is 28.5 Å². The fourth-order valence-electron chi connectivity index (χ4n) is 2.58. The van der Waals surface area contributed by atoms with E-state index in [1.165, 1.54) is 11.1 Å². The summed E-state index contributed by atoms with van der Waals surface area (Å²) in [6.45, 7) is 2.99. The van der Waals surface area contributed by atoms with E-state index in [4.69, 9.17) is 16.3 Å². The molecule has 3 rings (SSSR count). The number of fused-ring (bicyclic) bond motifs is 1. The number of nitrogens with one attached hydrogen (secondary N) is 1. The van der Waals surface area contributed by atoms with Crippen LogP contribution in [0.15, 0.2) is 46.9 Å². The maximum Gasteiger partial charge on any atom is 0.123 e. The predicted octanol–water partition coefficient (Wildman–Crippen LogP) is 4.76. The summed E-state index contributed by atoms with van der Waals surface area (Å²) in [6, 6.07) is 14.5. The third-order valence-electron chi connectivity index (χ3n) is 3.79. The molecule has 21 heavy (non-hydrogen) atoms. The summed E-state index contributed by atoms with van der Waals surface area (Å²) in [5, 5.41) is 4.31. The van der Waals surface area contributed by atoms with Crippen LogP contribution < -0.4 is 10.1 Å². The maximum atomic E-state index is 6.02. The van der Waals surface area contributed by atoms with Crippen molar-refractivity contribution in [2.24, 2.45) is 0 Å². The van der Waals surface area contributed by atoms with Crippen LogP contribution in [-0.2, 0) is 6.42 Å². The molecule has 0 saturated carbocycles. The molecule has 0 fully saturated rings. The minimum Gasteiger partial charge on any atom is -0.488 e. The largest absolute Gasteiger partial charge is 0.488 e. The normalized spacial score (nSPS) is 18.1. The Morgan fingerprint density at radius 2 is 2.05 bits per heavy atom. The first-order chi connectivity index (χ1) is 10.1. The molecule has 2 unspecified atom stereocenters. The second kappa shape index (κ2) is 6.39. The van der Waals surface area contributed by atoms with Crippen molar-refractivity contribution < 1.29 is 4.74 Å². The van der Waals surface area contributed by atoms with Crippen LogP contribution in [0.1, 0.15) is 24.1 Å². The maximum absolute atomic E-state index is 6.02. The summed E-state index contributed by atoms with van der Waals surface area (Å²) in [4.78, 5) is 0. The van der Waals surface area contributed by atoms with Crippen LogP contribution >= 0.6 is 27.5 Å². The number of hydrogen-bond donors (Lipinski definition) is 1. The van der Waals surface area contributed by atoms with Gasteiger partial charge in [-0.05, 0) is 48.4 Å². The fourth-order valence-corrected chi connectivity index (χ4v) is 3.04. The Labute approximate surface area is 138 Å². The lowest BCUT2D eigenvalue weighted by Crippen LogP contribution is -2.31. The number of ether oxygens (including phenoxy) is 1. The van der Waals surface area contributed by atoms with Crippen LogP contribution in [-0.4, -0.2) is 12.6 Å². The minimum atomic E-state index is 0.177. The zero-order valence-corrected chi connectivity index (χ0v) is 14.1. The van der Waals surface area contributed by atoms with Gasteiger partial charge in [0.25, 0.3) is 0 Å². The molecule has 4 heteroatoms. The predicted molar refractivity (Wildman–Crippen MR) is 90.1 cm³/mol. The summed E-state index contributed by atoms with van der Waals surface area (Å²) in [7, 11) is 0. The van der Waals surface area contributed by atoms with Gasteiger partial charge >= 0.3 is 0 Å². The van der Waals surface area contributed by atoms with Crippen molar-refractivity contribution in [3.63, 3.8) is 0 Å². The summed E-state index contributed by atoms with van der Waals surface area (Å²) in [5.74, 6) is 0.961. The highest BCUT2D eigenvalue weighted by Gasteiger charge is 2.23. The van der Waals surface area contributed by atoms with Gasteiger partial charge < -0.3 is 10.1 Å². The van der Waals surface area contributed by atoms with Gasteiger partial charge in [-0.15, -0.1) is 0 Å². The molecule has 2 nitrogen and oxygen atoms in total. The van der Waals surface area contributed by atoms with Crippen LogP contribution in [0.3, 0.4) is 0 Å². The van der Waals surface area contributed by atoms with E-state index in [1.807, 2.05) is 18.2 Å². The molecular formula is C17H17BrClNO. The Morgan fingerprint density at radius 1 is 1.29 bits per heavy atom. The van der Waals surface area contributed by atoms with Crippen LogP contribution in [0.25, 0.3) is 0 Å². The van der Waals surface area contributed by atoms with Crippen LogP contribution in [0.4, 0.5) is 0 Å². The van der Waals surface area contributed by atoms with E-state index in [-0.39, 0.29) is 6.10 Å². The highest BCUT2D eigenvalue weighted by molar-refractivity contribution is 9.10. The zero-order valence-electron chi connectivity index (χ0n) is 11.8. The number of benzene rings is 2. The quantitative estimate of drug-likeness (QED) is 0.842. The number of hydrogen-bond acceptors (Lipinski definition) is 2. The number of rotatable bonds is 4. The van der Waals surface area contributed by atoms with E-state index in [0.717, 1.165) is 28.2 Å². The zero-order chi connectivity index (χ0) is 14.8. The first-order valence-corrected chi connectivity index (χ1v) is 8.23. The van der Waals surface area contributed by atoms with Gasteiger partial charge in [0.05, 0.1) is 0 Å². The topological polar surface area (TPSA) is 21.3 Å². The van der Waals surface area contributed by atoms with Crippen molar-refractivity contribution in [1.82, 2.24) is 5.32 Å². The molecule has 0 spiro atoms. The molecule has 1 aliphatic heterocycles. The van der Waals surface area contributed by atoms with Crippen molar-refractivity contribution in [2.45, 2.75) is 25.5 Å². The van der Waals surface area contributed by atoms with Crippen LogP contribution in [0, 0.1) is 0 Å². The van der Waals surface area contributed by atoms with Crippen molar-refractivity contribution in [3.8, 4) is 5.75 Å². The molecule has 1 N–H and O–H groups in total. The average molecular weight is 367 g/mol. The summed E-state index contributed by atoms with van der Waals surface area (Å²) < 4.78 is 7.04. The SMILES string of the molecule is CC(NCC1Cc2cc(Cl)ccc2O1)c1ccc(Br)cc1. The molecule has 2 aromatic rings. The monoisotopic (exact) mass is 365 g/mol. The minimum absolute atomic E-state index is 0.177. The Hall–Kier alpha value is -1.03. The van der Waals surface area contributed by atoms with Gasteiger partial charge in [0.15, 0.2) is 0 Å². The Bertz CT molecular complexity index is 629. The molecule has 0 bridgehead atoms. The summed E-state index contributed by atoms with van der Waals surface area (Å²) in [6.07, 6.45) is 1.09. The van der Waals surface area contributed by atoms with Crippen molar-refractivity contribution in [1.29, 1.82) is 0 Å². The van der Waals surface area contributed by atoms with E-state index in [2.05, 4.69) is 52.4 Å².